The molecule has 0 aliphatic carbocycles. The Bertz CT molecular complexity index is 606. The number of hydrogen-bond donors (Lipinski definition) is 2. The molecule has 1 saturated heterocycles. The van der Waals surface area contributed by atoms with Crippen molar-refractivity contribution in [1.29, 1.82) is 0 Å². The maximum atomic E-state index is 9.65. The highest BCUT2D eigenvalue weighted by Gasteiger charge is 2.18. The number of nitrogens with zero attached hydrogens (tertiary/aromatic N) is 1. The van der Waals surface area contributed by atoms with Crippen LogP contribution in [-0.4, -0.2) is 29.2 Å². The number of piperidine rings is 1. The quantitative estimate of drug-likeness (QED) is 0.881. The van der Waals surface area contributed by atoms with Crippen molar-refractivity contribution in [2.24, 2.45) is 0 Å². The van der Waals surface area contributed by atoms with Crippen LogP contribution in [0.25, 0.3) is 0 Å². The highest BCUT2D eigenvalue weighted by Crippen LogP contribution is 2.24. The normalized spacial score (nSPS) is 17.8. The van der Waals surface area contributed by atoms with Crippen molar-refractivity contribution in [1.82, 2.24) is 4.90 Å². The summed E-state index contributed by atoms with van der Waals surface area (Å²) in [6, 6.07) is 19.4. The molecule has 23 heavy (non-hydrogen) atoms. The second kappa shape index (κ2) is 7.62. The Kier molecular flexibility index (Phi) is 5.31. The van der Waals surface area contributed by atoms with Gasteiger partial charge < -0.3 is 10.4 Å². The zero-order valence-corrected chi connectivity index (χ0v) is 13.8. The molecule has 0 spiro atoms. The number of nitrogens with one attached hydrogen (secondary N) is 1. The van der Waals surface area contributed by atoms with Crippen molar-refractivity contribution < 1.29 is 5.11 Å². The highest BCUT2D eigenvalue weighted by molar-refractivity contribution is 5.52. The highest BCUT2D eigenvalue weighted by atomic mass is 16.3. The molecule has 1 atom stereocenters. The molecule has 0 amide bonds. The minimum Gasteiger partial charge on any atom is -0.393 e. The van der Waals surface area contributed by atoms with E-state index in [1.165, 1.54) is 16.8 Å². The van der Waals surface area contributed by atoms with Gasteiger partial charge in [-0.15, -0.1) is 0 Å². The molecule has 1 aliphatic heterocycles. The Morgan fingerprint density at radius 2 is 1.70 bits per heavy atom. The largest absolute Gasteiger partial charge is 0.393 e. The minimum absolute atomic E-state index is 0.113. The maximum absolute atomic E-state index is 9.65. The smallest absolute Gasteiger partial charge is 0.0564 e. The summed E-state index contributed by atoms with van der Waals surface area (Å²) in [7, 11) is 0. The molecule has 1 heterocycles. The van der Waals surface area contributed by atoms with Gasteiger partial charge in [0, 0.05) is 31.4 Å². The minimum atomic E-state index is -0.113. The first-order valence-electron chi connectivity index (χ1n) is 8.52. The van der Waals surface area contributed by atoms with Crippen LogP contribution < -0.4 is 5.32 Å². The van der Waals surface area contributed by atoms with Gasteiger partial charge in [-0.3, -0.25) is 4.90 Å². The molecule has 2 N–H and O–H groups in total. The summed E-state index contributed by atoms with van der Waals surface area (Å²) in [5.41, 5.74) is 3.82. The Labute approximate surface area is 139 Å². The fourth-order valence-corrected chi connectivity index (χ4v) is 3.18. The molecule has 1 unspecified atom stereocenters. The molecule has 2 aromatic carbocycles. The lowest BCUT2D eigenvalue weighted by Gasteiger charge is -2.30. The third kappa shape index (κ3) is 4.34. The molecule has 2 aromatic rings. The number of anilines is 1. The Hall–Kier alpha value is -1.84. The standard InChI is InChI=1S/C20H26N2O/c1-16(17-7-3-2-4-8-17)21-20-10-6-5-9-18(20)15-22-13-11-19(23)12-14-22/h2-10,16,19,21,23H,11-15H2,1H3. The van der Waals surface area contributed by atoms with Crippen molar-refractivity contribution in [3.63, 3.8) is 0 Å². The average molecular weight is 310 g/mol. The summed E-state index contributed by atoms with van der Waals surface area (Å²) in [5.74, 6) is 0. The lowest BCUT2D eigenvalue weighted by molar-refractivity contribution is 0.0793. The first-order valence-corrected chi connectivity index (χ1v) is 8.52. The van der Waals surface area contributed by atoms with Crippen molar-refractivity contribution in [2.75, 3.05) is 18.4 Å². The third-order valence-electron chi connectivity index (χ3n) is 4.64. The number of hydrogen-bond acceptors (Lipinski definition) is 3. The van der Waals surface area contributed by atoms with Gasteiger partial charge in [-0.2, -0.15) is 0 Å². The van der Waals surface area contributed by atoms with Gasteiger partial charge in [-0.05, 0) is 37.0 Å². The van der Waals surface area contributed by atoms with E-state index in [9.17, 15) is 5.11 Å². The summed E-state index contributed by atoms with van der Waals surface area (Å²) in [5, 5.41) is 13.3. The van der Waals surface area contributed by atoms with Crippen molar-refractivity contribution in [2.45, 2.75) is 38.5 Å². The Morgan fingerprint density at radius 3 is 2.43 bits per heavy atom. The van der Waals surface area contributed by atoms with E-state index in [-0.39, 0.29) is 12.1 Å². The van der Waals surface area contributed by atoms with Crippen LogP contribution in [0.15, 0.2) is 54.6 Å². The first kappa shape index (κ1) is 16.0. The fourth-order valence-electron chi connectivity index (χ4n) is 3.18. The van der Waals surface area contributed by atoms with Crippen LogP contribution in [0.3, 0.4) is 0 Å². The molecule has 0 saturated carbocycles. The van der Waals surface area contributed by atoms with Gasteiger partial charge in [0.05, 0.1) is 6.10 Å². The second-order valence-corrected chi connectivity index (χ2v) is 6.44. The van der Waals surface area contributed by atoms with Gasteiger partial charge in [-0.25, -0.2) is 0 Å². The van der Waals surface area contributed by atoms with E-state index in [0.29, 0.717) is 0 Å². The van der Waals surface area contributed by atoms with E-state index < -0.39 is 0 Å². The summed E-state index contributed by atoms with van der Waals surface area (Å²) in [6.45, 7) is 5.09. The van der Waals surface area contributed by atoms with E-state index >= 15 is 0 Å². The molecule has 3 rings (SSSR count). The number of benzene rings is 2. The fraction of sp³-hybridized carbons (Fsp3) is 0.400. The molecular weight excluding hydrogens is 284 g/mol. The predicted molar refractivity (Wildman–Crippen MR) is 95.4 cm³/mol. The maximum Gasteiger partial charge on any atom is 0.0564 e. The van der Waals surface area contributed by atoms with Gasteiger partial charge in [-0.1, -0.05) is 48.5 Å². The number of rotatable bonds is 5. The van der Waals surface area contributed by atoms with Gasteiger partial charge in [0.1, 0.15) is 0 Å². The average Bonchev–Trinajstić information content (AvgIpc) is 2.59. The molecular formula is C20H26N2O. The van der Waals surface area contributed by atoms with Crippen molar-refractivity contribution in [3.05, 3.63) is 65.7 Å². The van der Waals surface area contributed by atoms with Gasteiger partial charge in [0.15, 0.2) is 0 Å². The van der Waals surface area contributed by atoms with Crippen LogP contribution in [0.4, 0.5) is 5.69 Å². The Balaban J connectivity index is 1.68. The zero-order chi connectivity index (χ0) is 16.1. The van der Waals surface area contributed by atoms with Gasteiger partial charge in [0.25, 0.3) is 0 Å². The lowest BCUT2D eigenvalue weighted by atomic mass is 10.0. The van der Waals surface area contributed by atoms with Crippen LogP contribution in [0.5, 0.6) is 0 Å². The summed E-state index contributed by atoms with van der Waals surface area (Å²) in [6.07, 6.45) is 1.66. The van der Waals surface area contributed by atoms with Crippen molar-refractivity contribution in [3.8, 4) is 0 Å². The van der Waals surface area contributed by atoms with Crippen molar-refractivity contribution >= 4 is 5.69 Å². The summed E-state index contributed by atoms with van der Waals surface area (Å²) in [4.78, 5) is 2.43. The third-order valence-corrected chi connectivity index (χ3v) is 4.64. The molecule has 122 valence electrons. The van der Waals surface area contributed by atoms with E-state index in [1.807, 2.05) is 0 Å². The summed E-state index contributed by atoms with van der Waals surface area (Å²) >= 11 is 0. The number of aliphatic hydroxyl groups is 1. The zero-order valence-electron chi connectivity index (χ0n) is 13.8. The van der Waals surface area contributed by atoms with Crippen LogP contribution >= 0.6 is 0 Å². The SMILES string of the molecule is CC(Nc1ccccc1CN1CCC(O)CC1)c1ccccc1. The molecule has 1 fully saturated rings. The van der Waals surface area contributed by atoms with Crippen LogP contribution in [0.1, 0.15) is 36.9 Å². The molecule has 1 aliphatic rings. The molecule has 0 aromatic heterocycles. The second-order valence-electron chi connectivity index (χ2n) is 6.44. The molecule has 0 radical (unpaired) electrons. The lowest BCUT2D eigenvalue weighted by Crippen LogP contribution is -2.35. The number of para-hydroxylation sites is 1. The van der Waals surface area contributed by atoms with Gasteiger partial charge >= 0.3 is 0 Å². The van der Waals surface area contributed by atoms with E-state index in [2.05, 4.69) is 71.7 Å². The van der Waals surface area contributed by atoms with E-state index in [4.69, 9.17) is 0 Å². The van der Waals surface area contributed by atoms with Crippen LogP contribution in [0, 0.1) is 0 Å². The van der Waals surface area contributed by atoms with Crippen LogP contribution in [0.2, 0.25) is 0 Å². The molecule has 3 nitrogen and oxygen atoms in total. The molecule has 0 bridgehead atoms. The number of likely N-dealkylation sites (tertiary alicyclic amines) is 1. The summed E-state index contributed by atoms with van der Waals surface area (Å²) < 4.78 is 0. The Morgan fingerprint density at radius 1 is 1.04 bits per heavy atom. The molecule has 3 heteroatoms. The van der Waals surface area contributed by atoms with E-state index in [0.717, 1.165) is 32.5 Å². The predicted octanol–water partition coefficient (Wildman–Crippen LogP) is 3.82. The first-order chi connectivity index (χ1) is 11.2. The topological polar surface area (TPSA) is 35.5 Å². The number of aliphatic hydroxyl groups excluding tert-OH is 1. The van der Waals surface area contributed by atoms with E-state index in [1.54, 1.807) is 0 Å². The monoisotopic (exact) mass is 310 g/mol. The van der Waals surface area contributed by atoms with Crippen LogP contribution in [-0.2, 0) is 6.54 Å². The van der Waals surface area contributed by atoms with Gasteiger partial charge in [0.2, 0.25) is 0 Å².